The third-order valence-corrected chi connectivity index (χ3v) is 4.93. The van der Waals surface area contributed by atoms with Crippen LogP contribution in [0.3, 0.4) is 0 Å². The summed E-state index contributed by atoms with van der Waals surface area (Å²) in [4.78, 5) is 16.6. The molecule has 3 aromatic rings. The van der Waals surface area contributed by atoms with E-state index in [1.165, 1.54) is 11.8 Å². The van der Waals surface area contributed by atoms with E-state index >= 15 is 0 Å². The number of aromatic nitrogens is 2. The zero-order valence-electron chi connectivity index (χ0n) is 14.0. The van der Waals surface area contributed by atoms with Crippen molar-refractivity contribution in [2.75, 3.05) is 11.1 Å². The molecule has 0 radical (unpaired) electrons. The molecule has 25 heavy (non-hydrogen) atoms. The number of rotatable bonds is 5. The van der Waals surface area contributed by atoms with Gasteiger partial charge in [0.05, 0.1) is 5.75 Å². The Morgan fingerprint density at radius 2 is 1.96 bits per heavy atom. The van der Waals surface area contributed by atoms with Gasteiger partial charge in [0.25, 0.3) is 0 Å². The van der Waals surface area contributed by atoms with Crippen molar-refractivity contribution in [3.05, 3.63) is 71.0 Å². The number of hydrogen-bond acceptors (Lipinski definition) is 3. The zero-order valence-corrected chi connectivity index (χ0v) is 15.6. The largest absolute Gasteiger partial charge is 0.325 e. The van der Waals surface area contributed by atoms with Crippen LogP contribution in [0.1, 0.15) is 11.1 Å². The second-order valence-corrected chi connectivity index (χ2v) is 7.09. The Morgan fingerprint density at radius 1 is 1.20 bits per heavy atom. The summed E-state index contributed by atoms with van der Waals surface area (Å²) in [5, 5.41) is 4.41. The highest BCUT2D eigenvalue weighted by Gasteiger charge is 2.10. The van der Waals surface area contributed by atoms with Crippen LogP contribution in [-0.2, 0) is 4.79 Å². The van der Waals surface area contributed by atoms with Gasteiger partial charge >= 0.3 is 0 Å². The molecule has 0 fully saturated rings. The van der Waals surface area contributed by atoms with E-state index in [1.807, 2.05) is 67.1 Å². The smallest absolute Gasteiger partial charge is 0.234 e. The minimum Gasteiger partial charge on any atom is -0.325 e. The summed E-state index contributed by atoms with van der Waals surface area (Å²) in [6.45, 7) is 3.99. The summed E-state index contributed by atoms with van der Waals surface area (Å²) in [5.41, 5.74) is 3.98. The minimum absolute atomic E-state index is 0.0515. The predicted octanol–water partition coefficient (Wildman–Crippen LogP) is 4.87. The Hall–Kier alpha value is -2.24. The highest BCUT2D eigenvalue weighted by atomic mass is 35.5. The Bertz CT molecular complexity index is 890. The van der Waals surface area contributed by atoms with Gasteiger partial charge in [0.15, 0.2) is 5.16 Å². The first-order valence-corrected chi connectivity index (χ1v) is 9.18. The van der Waals surface area contributed by atoms with Gasteiger partial charge in [-0.15, -0.1) is 0 Å². The van der Waals surface area contributed by atoms with Crippen LogP contribution in [0.15, 0.2) is 60.0 Å². The molecule has 128 valence electrons. The minimum atomic E-state index is -0.0515. The number of amides is 1. The van der Waals surface area contributed by atoms with E-state index in [1.54, 1.807) is 6.20 Å². The number of imidazole rings is 1. The molecule has 3 rings (SSSR count). The molecule has 0 atom stereocenters. The zero-order chi connectivity index (χ0) is 17.8. The molecule has 6 heteroatoms. The van der Waals surface area contributed by atoms with Crippen molar-refractivity contribution in [1.29, 1.82) is 0 Å². The van der Waals surface area contributed by atoms with Crippen LogP contribution >= 0.6 is 23.4 Å². The number of halogens is 1. The molecule has 0 saturated heterocycles. The number of nitrogens with zero attached hydrogens (tertiary/aromatic N) is 2. The topological polar surface area (TPSA) is 46.9 Å². The van der Waals surface area contributed by atoms with Gasteiger partial charge in [-0.1, -0.05) is 35.5 Å². The summed E-state index contributed by atoms with van der Waals surface area (Å²) in [6, 6.07) is 13.5. The van der Waals surface area contributed by atoms with Crippen LogP contribution in [0.25, 0.3) is 5.69 Å². The number of hydrogen-bond donors (Lipinski definition) is 1. The third kappa shape index (κ3) is 4.44. The molecular formula is C19H18ClN3OS. The van der Waals surface area contributed by atoms with Crippen LogP contribution in [0.4, 0.5) is 5.69 Å². The molecule has 2 aromatic carbocycles. The van der Waals surface area contributed by atoms with E-state index in [0.29, 0.717) is 5.02 Å². The molecule has 4 nitrogen and oxygen atoms in total. The Labute approximate surface area is 156 Å². The van der Waals surface area contributed by atoms with Crippen LogP contribution in [0, 0.1) is 13.8 Å². The maximum absolute atomic E-state index is 12.3. The first-order chi connectivity index (χ1) is 12.0. The molecule has 0 unspecified atom stereocenters. The lowest BCUT2D eigenvalue weighted by atomic mass is 10.1. The van der Waals surface area contributed by atoms with Gasteiger partial charge in [-0.3, -0.25) is 9.36 Å². The van der Waals surface area contributed by atoms with Gasteiger partial charge in [0.2, 0.25) is 5.91 Å². The van der Waals surface area contributed by atoms with Crippen molar-refractivity contribution in [2.45, 2.75) is 19.0 Å². The summed E-state index contributed by atoms with van der Waals surface area (Å²) in [6.07, 6.45) is 3.59. The fourth-order valence-electron chi connectivity index (χ4n) is 2.38. The van der Waals surface area contributed by atoms with Crippen LogP contribution in [0.2, 0.25) is 5.02 Å². The van der Waals surface area contributed by atoms with Crippen molar-refractivity contribution in [2.24, 2.45) is 0 Å². The quantitative estimate of drug-likeness (QED) is 0.650. The fourth-order valence-corrected chi connectivity index (χ4v) is 3.28. The molecule has 0 saturated carbocycles. The van der Waals surface area contributed by atoms with Crippen LogP contribution < -0.4 is 5.32 Å². The number of nitrogens with one attached hydrogen (secondary N) is 1. The second-order valence-electron chi connectivity index (χ2n) is 5.71. The number of thioether (sulfide) groups is 1. The molecule has 1 N–H and O–H groups in total. The number of carbonyl (C=O) groups is 1. The van der Waals surface area contributed by atoms with E-state index in [-0.39, 0.29) is 11.7 Å². The Kier molecular flexibility index (Phi) is 5.46. The fraction of sp³-hybridized carbons (Fsp3) is 0.158. The normalized spacial score (nSPS) is 10.7. The van der Waals surface area contributed by atoms with Crippen molar-refractivity contribution >= 4 is 35.0 Å². The van der Waals surface area contributed by atoms with Gasteiger partial charge in [-0.05, 0) is 55.3 Å². The van der Waals surface area contributed by atoms with E-state index in [2.05, 4.69) is 10.3 Å². The summed E-state index contributed by atoms with van der Waals surface area (Å²) in [7, 11) is 0. The standard InChI is InChI=1S/C19H18ClN3OS/c1-13-3-4-14(2)17(11-13)22-18(24)12-25-19-21-9-10-23(19)16-7-5-15(20)6-8-16/h3-11H,12H2,1-2H3,(H,22,24). The number of anilines is 1. The second kappa shape index (κ2) is 7.76. The maximum atomic E-state index is 12.3. The van der Waals surface area contributed by atoms with Crippen molar-refractivity contribution in [1.82, 2.24) is 9.55 Å². The monoisotopic (exact) mass is 371 g/mol. The molecule has 1 amide bonds. The van der Waals surface area contributed by atoms with Crippen molar-refractivity contribution in [3.8, 4) is 5.69 Å². The molecule has 0 aliphatic carbocycles. The summed E-state index contributed by atoms with van der Waals surface area (Å²) < 4.78 is 1.94. The van der Waals surface area contributed by atoms with Crippen LogP contribution in [-0.4, -0.2) is 21.2 Å². The van der Waals surface area contributed by atoms with Crippen molar-refractivity contribution < 1.29 is 4.79 Å². The van der Waals surface area contributed by atoms with E-state index in [9.17, 15) is 4.79 Å². The van der Waals surface area contributed by atoms with E-state index < -0.39 is 0 Å². The molecule has 0 aliphatic rings. The molecular weight excluding hydrogens is 354 g/mol. The summed E-state index contributed by atoms with van der Waals surface area (Å²) in [5.74, 6) is 0.238. The predicted molar refractivity (Wildman–Crippen MR) is 104 cm³/mol. The Morgan fingerprint density at radius 3 is 2.72 bits per heavy atom. The molecule has 0 bridgehead atoms. The molecule has 1 heterocycles. The van der Waals surface area contributed by atoms with Gasteiger partial charge < -0.3 is 5.32 Å². The average molecular weight is 372 g/mol. The summed E-state index contributed by atoms with van der Waals surface area (Å²) >= 11 is 7.33. The maximum Gasteiger partial charge on any atom is 0.234 e. The average Bonchev–Trinajstić information content (AvgIpc) is 3.05. The SMILES string of the molecule is Cc1ccc(C)c(NC(=O)CSc2nccn2-c2ccc(Cl)cc2)c1. The Balaban J connectivity index is 1.66. The molecule has 1 aromatic heterocycles. The van der Waals surface area contributed by atoms with Crippen LogP contribution in [0.5, 0.6) is 0 Å². The molecule has 0 spiro atoms. The van der Waals surface area contributed by atoms with Gasteiger partial charge in [0, 0.05) is 28.8 Å². The van der Waals surface area contributed by atoms with Gasteiger partial charge in [0.1, 0.15) is 0 Å². The number of benzene rings is 2. The number of carbonyl (C=O) groups excluding carboxylic acids is 1. The number of aryl methyl sites for hydroxylation is 2. The molecule has 0 aliphatic heterocycles. The lowest BCUT2D eigenvalue weighted by Gasteiger charge is -2.10. The first-order valence-electron chi connectivity index (χ1n) is 7.82. The van der Waals surface area contributed by atoms with E-state index in [0.717, 1.165) is 27.7 Å². The van der Waals surface area contributed by atoms with Gasteiger partial charge in [-0.2, -0.15) is 0 Å². The van der Waals surface area contributed by atoms with Crippen molar-refractivity contribution in [3.63, 3.8) is 0 Å². The lowest BCUT2D eigenvalue weighted by molar-refractivity contribution is -0.113. The highest BCUT2D eigenvalue weighted by Crippen LogP contribution is 2.22. The lowest BCUT2D eigenvalue weighted by Crippen LogP contribution is -2.15. The van der Waals surface area contributed by atoms with E-state index in [4.69, 9.17) is 11.6 Å². The third-order valence-electron chi connectivity index (χ3n) is 3.71. The first kappa shape index (κ1) is 17.6. The van der Waals surface area contributed by atoms with Gasteiger partial charge in [-0.25, -0.2) is 4.98 Å². The highest BCUT2D eigenvalue weighted by molar-refractivity contribution is 7.99.